The highest BCUT2D eigenvalue weighted by molar-refractivity contribution is 5.85. The van der Waals surface area contributed by atoms with E-state index in [-0.39, 0.29) is 0 Å². The second-order valence-corrected chi connectivity index (χ2v) is 7.29. The number of carbonyl (C=O) groups excluding carboxylic acids is 1. The maximum Gasteiger partial charge on any atom is 0.412 e. The van der Waals surface area contributed by atoms with Gasteiger partial charge in [0.2, 0.25) is 0 Å². The summed E-state index contributed by atoms with van der Waals surface area (Å²) in [6, 6.07) is 6.73. The normalized spacial score (nSPS) is 18.9. The van der Waals surface area contributed by atoms with Gasteiger partial charge >= 0.3 is 6.09 Å². The van der Waals surface area contributed by atoms with Crippen LogP contribution in [0.25, 0.3) is 0 Å². The predicted octanol–water partition coefficient (Wildman–Crippen LogP) is 3.35. The van der Waals surface area contributed by atoms with Gasteiger partial charge in [-0.15, -0.1) is 0 Å². The van der Waals surface area contributed by atoms with E-state index in [9.17, 15) is 4.79 Å². The van der Waals surface area contributed by atoms with Gasteiger partial charge in [0.15, 0.2) is 0 Å². The number of hydrogen-bond donors (Lipinski definition) is 3. The van der Waals surface area contributed by atoms with E-state index < -0.39 is 11.7 Å². The average Bonchev–Trinajstić information content (AvgIpc) is 2.45. The molecule has 2 atom stereocenters. The summed E-state index contributed by atoms with van der Waals surface area (Å²) in [6.07, 6.45) is 2.88. The van der Waals surface area contributed by atoms with Crippen LogP contribution in [0, 0.1) is 0 Å². The first-order chi connectivity index (χ1) is 10.8. The monoisotopic (exact) mass is 319 g/mol. The zero-order chi connectivity index (χ0) is 17.0. The number of anilines is 1. The van der Waals surface area contributed by atoms with Gasteiger partial charge in [-0.1, -0.05) is 6.07 Å². The highest BCUT2D eigenvalue weighted by Gasteiger charge is 2.22. The van der Waals surface area contributed by atoms with Crippen molar-refractivity contribution in [3.8, 4) is 0 Å². The molecule has 1 aromatic carbocycles. The van der Waals surface area contributed by atoms with Gasteiger partial charge in [-0.2, -0.15) is 0 Å². The van der Waals surface area contributed by atoms with Gasteiger partial charge in [0.05, 0.1) is 0 Å². The Balaban J connectivity index is 2.08. The zero-order valence-corrected chi connectivity index (χ0v) is 14.6. The molecule has 1 aromatic rings. The van der Waals surface area contributed by atoms with Crippen LogP contribution in [0.3, 0.4) is 0 Å². The lowest BCUT2D eigenvalue weighted by molar-refractivity contribution is 0.0636. The van der Waals surface area contributed by atoms with E-state index in [0.29, 0.717) is 18.6 Å². The van der Waals surface area contributed by atoms with Gasteiger partial charge in [0.25, 0.3) is 0 Å². The van der Waals surface area contributed by atoms with Crippen molar-refractivity contribution in [1.82, 2.24) is 5.32 Å². The number of amides is 1. The summed E-state index contributed by atoms with van der Waals surface area (Å²) < 4.78 is 5.30. The Labute approximate surface area is 139 Å². The molecule has 23 heavy (non-hydrogen) atoms. The van der Waals surface area contributed by atoms with Crippen LogP contribution in [0.5, 0.6) is 0 Å². The summed E-state index contributed by atoms with van der Waals surface area (Å²) in [5.74, 6) is 0. The number of ether oxygens (including phenoxy) is 1. The largest absolute Gasteiger partial charge is 0.444 e. The predicted molar refractivity (Wildman–Crippen MR) is 93.6 cm³/mol. The molecule has 0 bridgehead atoms. The van der Waals surface area contributed by atoms with Gasteiger partial charge in [-0.3, -0.25) is 5.32 Å². The van der Waals surface area contributed by atoms with Gasteiger partial charge < -0.3 is 15.8 Å². The minimum Gasteiger partial charge on any atom is -0.444 e. The Hall–Kier alpha value is -1.59. The van der Waals surface area contributed by atoms with Crippen LogP contribution in [-0.2, 0) is 11.2 Å². The van der Waals surface area contributed by atoms with Crippen LogP contribution in [0.15, 0.2) is 18.2 Å². The fourth-order valence-electron chi connectivity index (χ4n) is 2.90. The second kappa shape index (κ2) is 7.32. The summed E-state index contributed by atoms with van der Waals surface area (Å²) in [7, 11) is 0. The summed E-state index contributed by atoms with van der Waals surface area (Å²) in [5.41, 5.74) is 8.60. The SMILES string of the molecule is CC(CN)NC1CCCc2cc(NC(=O)OC(C)(C)C)ccc21. The van der Waals surface area contributed by atoms with E-state index in [1.54, 1.807) is 0 Å². The van der Waals surface area contributed by atoms with Crippen molar-refractivity contribution in [1.29, 1.82) is 0 Å². The minimum atomic E-state index is -0.494. The molecular formula is C18H29N3O2. The molecule has 0 saturated heterocycles. The van der Waals surface area contributed by atoms with Gasteiger partial charge in [-0.05, 0) is 70.2 Å². The molecule has 5 nitrogen and oxygen atoms in total. The molecule has 1 aliphatic rings. The fourth-order valence-corrected chi connectivity index (χ4v) is 2.90. The number of fused-ring (bicyclic) bond motifs is 1. The lowest BCUT2D eigenvalue weighted by Crippen LogP contribution is -2.37. The molecule has 0 fully saturated rings. The third-order valence-electron chi connectivity index (χ3n) is 3.94. The molecule has 0 heterocycles. The van der Waals surface area contributed by atoms with Crippen molar-refractivity contribution in [2.75, 3.05) is 11.9 Å². The van der Waals surface area contributed by atoms with Crippen molar-refractivity contribution in [3.05, 3.63) is 29.3 Å². The quantitative estimate of drug-likeness (QED) is 0.795. The number of aryl methyl sites for hydroxylation is 1. The minimum absolute atomic E-state index is 0.297. The Morgan fingerprint density at radius 1 is 1.43 bits per heavy atom. The maximum atomic E-state index is 11.9. The molecule has 0 spiro atoms. The van der Waals surface area contributed by atoms with E-state index in [1.807, 2.05) is 26.8 Å². The molecule has 0 aromatic heterocycles. The number of carbonyl (C=O) groups is 1. The molecule has 0 radical (unpaired) electrons. The highest BCUT2D eigenvalue weighted by Crippen LogP contribution is 2.32. The molecular weight excluding hydrogens is 290 g/mol. The summed E-state index contributed by atoms with van der Waals surface area (Å²) in [6.45, 7) is 8.30. The molecule has 0 saturated carbocycles. The summed E-state index contributed by atoms with van der Waals surface area (Å²) in [4.78, 5) is 11.9. The third kappa shape index (κ3) is 5.22. The number of nitrogens with one attached hydrogen (secondary N) is 2. The highest BCUT2D eigenvalue weighted by atomic mass is 16.6. The number of hydrogen-bond acceptors (Lipinski definition) is 4. The van der Waals surface area contributed by atoms with E-state index in [1.165, 1.54) is 11.1 Å². The van der Waals surface area contributed by atoms with Crippen LogP contribution >= 0.6 is 0 Å². The Kier molecular flexibility index (Phi) is 5.65. The average molecular weight is 319 g/mol. The van der Waals surface area contributed by atoms with E-state index in [0.717, 1.165) is 24.9 Å². The van der Waals surface area contributed by atoms with Crippen molar-refractivity contribution >= 4 is 11.8 Å². The van der Waals surface area contributed by atoms with E-state index >= 15 is 0 Å². The smallest absolute Gasteiger partial charge is 0.412 e. The molecule has 1 amide bonds. The molecule has 2 unspecified atom stereocenters. The molecule has 2 rings (SSSR count). The van der Waals surface area contributed by atoms with Crippen molar-refractivity contribution in [3.63, 3.8) is 0 Å². The van der Waals surface area contributed by atoms with Gasteiger partial charge in [0.1, 0.15) is 5.60 Å². The lowest BCUT2D eigenvalue weighted by atomic mass is 9.87. The first-order valence-corrected chi connectivity index (χ1v) is 8.37. The Morgan fingerprint density at radius 2 is 2.17 bits per heavy atom. The van der Waals surface area contributed by atoms with Crippen LogP contribution in [0.4, 0.5) is 10.5 Å². The zero-order valence-electron chi connectivity index (χ0n) is 14.6. The van der Waals surface area contributed by atoms with E-state index in [4.69, 9.17) is 10.5 Å². The standard InChI is InChI=1S/C18H29N3O2/c1-12(11-19)20-16-7-5-6-13-10-14(8-9-15(13)16)21-17(22)23-18(2,3)4/h8-10,12,16,20H,5-7,11,19H2,1-4H3,(H,21,22). The van der Waals surface area contributed by atoms with Crippen molar-refractivity contribution in [2.45, 2.75) is 64.6 Å². The summed E-state index contributed by atoms with van der Waals surface area (Å²) in [5, 5.41) is 6.39. The Bertz CT molecular complexity index is 552. The first kappa shape index (κ1) is 17.8. The van der Waals surface area contributed by atoms with Crippen LogP contribution < -0.4 is 16.4 Å². The van der Waals surface area contributed by atoms with Crippen LogP contribution in [0.2, 0.25) is 0 Å². The van der Waals surface area contributed by atoms with E-state index in [2.05, 4.69) is 29.7 Å². The van der Waals surface area contributed by atoms with Crippen molar-refractivity contribution < 1.29 is 9.53 Å². The van der Waals surface area contributed by atoms with Crippen LogP contribution in [0.1, 0.15) is 57.7 Å². The van der Waals surface area contributed by atoms with Crippen molar-refractivity contribution in [2.24, 2.45) is 5.73 Å². The number of nitrogens with two attached hydrogens (primary N) is 1. The van der Waals surface area contributed by atoms with Gasteiger partial charge in [0, 0.05) is 24.3 Å². The third-order valence-corrected chi connectivity index (χ3v) is 3.94. The second-order valence-electron chi connectivity index (χ2n) is 7.29. The topological polar surface area (TPSA) is 76.4 Å². The molecule has 5 heteroatoms. The number of rotatable bonds is 4. The fraction of sp³-hybridized carbons (Fsp3) is 0.611. The molecule has 4 N–H and O–H groups in total. The Morgan fingerprint density at radius 3 is 2.83 bits per heavy atom. The first-order valence-electron chi connectivity index (χ1n) is 8.37. The molecule has 1 aliphatic carbocycles. The summed E-state index contributed by atoms with van der Waals surface area (Å²) >= 11 is 0. The number of benzene rings is 1. The maximum absolute atomic E-state index is 11.9. The molecule has 0 aliphatic heterocycles. The van der Waals surface area contributed by atoms with Gasteiger partial charge in [-0.25, -0.2) is 4.79 Å². The van der Waals surface area contributed by atoms with Crippen LogP contribution in [-0.4, -0.2) is 24.3 Å². The molecule has 128 valence electrons. The lowest BCUT2D eigenvalue weighted by Gasteiger charge is -2.29.